The molecule has 1 aromatic heterocycles. The standard InChI is InChI=1S/C20H27FN4O/c1-22-18(15-12-24-25(2)13-15)19(26)23-14-20(10-4-3-5-11-20)16-6-8-17(21)9-7-16/h6-9,12-13,18,22H,3-5,10-11,14H2,1-2H3,(H,23,26). The Kier molecular flexibility index (Phi) is 5.71. The normalized spacial score (nSPS) is 17.7. The lowest BCUT2D eigenvalue weighted by Crippen LogP contribution is -2.45. The second-order valence-electron chi connectivity index (χ2n) is 7.23. The fraction of sp³-hybridized carbons (Fsp3) is 0.500. The number of hydrogen-bond donors (Lipinski definition) is 2. The Labute approximate surface area is 154 Å². The lowest BCUT2D eigenvalue weighted by molar-refractivity contribution is -0.123. The second kappa shape index (κ2) is 7.99. The van der Waals surface area contributed by atoms with Crippen molar-refractivity contribution < 1.29 is 9.18 Å². The third kappa shape index (κ3) is 3.96. The lowest BCUT2D eigenvalue weighted by Gasteiger charge is -2.38. The minimum atomic E-state index is -0.433. The maximum Gasteiger partial charge on any atom is 0.241 e. The quantitative estimate of drug-likeness (QED) is 0.835. The zero-order valence-electron chi connectivity index (χ0n) is 15.5. The molecule has 0 bridgehead atoms. The van der Waals surface area contributed by atoms with Crippen LogP contribution >= 0.6 is 0 Å². The van der Waals surface area contributed by atoms with Crippen molar-refractivity contribution in [2.45, 2.75) is 43.6 Å². The molecule has 2 N–H and O–H groups in total. The van der Waals surface area contributed by atoms with E-state index in [4.69, 9.17) is 0 Å². The van der Waals surface area contributed by atoms with Crippen LogP contribution in [0.5, 0.6) is 0 Å². The number of amides is 1. The van der Waals surface area contributed by atoms with Crippen molar-refractivity contribution in [3.05, 3.63) is 53.6 Å². The third-order valence-corrected chi connectivity index (χ3v) is 5.48. The Hall–Kier alpha value is -2.21. The number of hydrogen-bond acceptors (Lipinski definition) is 3. The summed E-state index contributed by atoms with van der Waals surface area (Å²) in [5.41, 5.74) is 1.84. The van der Waals surface area contributed by atoms with E-state index in [2.05, 4.69) is 15.7 Å². The van der Waals surface area contributed by atoms with Gasteiger partial charge >= 0.3 is 0 Å². The average Bonchev–Trinajstić information content (AvgIpc) is 3.08. The van der Waals surface area contributed by atoms with Crippen LogP contribution in [-0.2, 0) is 17.3 Å². The smallest absolute Gasteiger partial charge is 0.241 e. The van der Waals surface area contributed by atoms with Crippen LogP contribution < -0.4 is 10.6 Å². The van der Waals surface area contributed by atoms with Gasteiger partial charge in [-0.2, -0.15) is 5.10 Å². The van der Waals surface area contributed by atoms with E-state index in [1.807, 2.05) is 25.4 Å². The van der Waals surface area contributed by atoms with Gasteiger partial charge in [-0.3, -0.25) is 9.48 Å². The second-order valence-corrected chi connectivity index (χ2v) is 7.23. The summed E-state index contributed by atoms with van der Waals surface area (Å²) in [6.07, 6.45) is 9.04. The van der Waals surface area contributed by atoms with Crippen molar-refractivity contribution in [3.63, 3.8) is 0 Å². The first-order valence-corrected chi connectivity index (χ1v) is 9.24. The number of likely N-dealkylation sites (N-methyl/N-ethyl adjacent to an activating group) is 1. The van der Waals surface area contributed by atoms with E-state index in [0.29, 0.717) is 6.54 Å². The van der Waals surface area contributed by atoms with Gasteiger partial charge in [0.1, 0.15) is 11.9 Å². The van der Waals surface area contributed by atoms with Crippen LogP contribution in [-0.4, -0.2) is 29.3 Å². The highest BCUT2D eigenvalue weighted by Crippen LogP contribution is 2.39. The zero-order valence-corrected chi connectivity index (χ0v) is 15.5. The van der Waals surface area contributed by atoms with Crippen molar-refractivity contribution in [2.75, 3.05) is 13.6 Å². The van der Waals surface area contributed by atoms with Gasteiger partial charge in [0, 0.05) is 30.8 Å². The predicted molar refractivity (Wildman–Crippen MR) is 99.2 cm³/mol. The van der Waals surface area contributed by atoms with Crippen LogP contribution in [0.4, 0.5) is 4.39 Å². The average molecular weight is 358 g/mol. The highest BCUT2D eigenvalue weighted by atomic mass is 19.1. The molecule has 1 aromatic carbocycles. The molecule has 140 valence electrons. The van der Waals surface area contributed by atoms with E-state index in [-0.39, 0.29) is 17.1 Å². The molecule has 1 heterocycles. The molecule has 0 saturated heterocycles. The van der Waals surface area contributed by atoms with Crippen LogP contribution in [0.1, 0.15) is 49.3 Å². The molecule has 1 amide bonds. The number of nitrogens with one attached hydrogen (secondary N) is 2. The topological polar surface area (TPSA) is 59.0 Å². The van der Waals surface area contributed by atoms with Gasteiger partial charge in [0.2, 0.25) is 5.91 Å². The summed E-state index contributed by atoms with van der Waals surface area (Å²) in [5.74, 6) is -0.289. The molecule has 0 radical (unpaired) electrons. The molecule has 26 heavy (non-hydrogen) atoms. The molecule has 0 aliphatic heterocycles. The van der Waals surface area contributed by atoms with E-state index < -0.39 is 6.04 Å². The Balaban J connectivity index is 1.75. The van der Waals surface area contributed by atoms with Gasteiger partial charge in [-0.1, -0.05) is 31.4 Å². The van der Waals surface area contributed by atoms with Crippen LogP contribution in [0, 0.1) is 5.82 Å². The maximum absolute atomic E-state index is 13.3. The van der Waals surface area contributed by atoms with Crippen molar-refractivity contribution in [1.29, 1.82) is 0 Å². The first kappa shape index (κ1) is 18.6. The molecule has 1 aliphatic carbocycles. The molecule has 0 spiro atoms. The predicted octanol–water partition coefficient (Wildman–Crippen LogP) is 2.84. The van der Waals surface area contributed by atoms with Gasteiger partial charge in [0.25, 0.3) is 0 Å². The molecule has 3 rings (SSSR count). The fourth-order valence-electron chi connectivity index (χ4n) is 4.00. The summed E-state index contributed by atoms with van der Waals surface area (Å²) in [6, 6.07) is 6.32. The molecule has 1 aliphatic rings. The van der Waals surface area contributed by atoms with E-state index in [1.165, 1.54) is 18.6 Å². The number of nitrogens with zero attached hydrogens (tertiary/aromatic N) is 2. The molecule has 1 unspecified atom stereocenters. The first-order chi connectivity index (χ1) is 12.5. The number of halogens is 1. The number of rotatable bonds is 6. The largest absolute Gasteiger partial charge is 0.354 e. The Morgan fingerprint density at radius 2 is 1.96 bits per heavy atom. The lowest BCUT2D eigenvalue weighted by atomic mass is 9.69. The van der Waals surface area contributed by atoms with Crippen LogP contribution in [0.25, 0.3) is 0 Å². The number of carbonyl (C=O) groups is 1. The van der Waals surface area contributed by atoms with Gasteiger partial charge in [-0.05, 0) is 37.6 Å². The summed E-state index contributed by atoms with van der Waals surface area (Å²) >= 11 is 0. The molecule has 1 atom stereocenters. The van der Waals surface area contributed by atoms with Gasteiger partial charge < -0.3 is 10.6 Å². The van der Waals surface area contributed by atoms with Crippen molar-refractivity contribution in [3.8, 4) is 0 Å². The van der Waals surface area contributed by atoms with Crippen molar-refractivity contribution >= 4 is 5.91 Å². The van der Waals surface area contributed by atoms with E-state index >= 15 is 0 Å². The van der Waals surface area contributed by atoms with Gasteiger partial charge in [0.15, 0.2) is 0 Å². The van der Waals surface area contributed by atoms with Crippen LogP contribution in [0.3, 0.4) is 0 Å². The Morgan fingerprint density at radius 3 is 2.54 bits per heavy atom. The van der Waals surface area contributed by atoms with E-state index in [1.54, 1.807) is 17.9 Å². The van der Waals surface area contributed by atoms with Gasteiger partial charge in [0.05, 0.1) is 6.20 Å². The number of aromatic nitrogens is 2. The summed E-state index contributed by atoms with van der Waals surface area (Å²) in [5, 5.41) is 10.3. The molecule has 2 aromatic rings. The van der Waals surface area contributed by atoms with Gasteiger partial charge in [-0.25, -0.2) is 4.39 Å². The number of benzene rings is 1. The summed E-state index contributed by atoms with van der Waals surface area (Å²) < 4.78 is 15.0. The molecule has 6 heteroatoms. The molecular formula is C20H27FN4O. The highest BCUT2D eigenvalue weighted by molar-refractivity contribution is 5.83. The van der Waals surface area contributed by atoms with Gasteiger partial charge in [-0.15, -0.1) is 0 Å². The summed E-state index contributed by atoms with van der Waals surface area (Å²) in [6.45, 7) is 0.565. The van der Waals surface area contributed by atoms with E-state index in [0.717, 1.165) is 36.8 Å². The summed E-state index contributed by atoms with van der Waals surface area (Å²) in [4.78, 5) is 12.8. The van der Waals surface area contributed by atoms with Crippen LogP contribution in [0.15, 0.2) is 36.7 Å². The first-order valence-electron chi connectivity index (χ1n) is 9.24. The highest BCUT2D eigenvalue weighted by Gasteiger charge is 2.35. The van der Waals surface area contributed by atoms with Crippen molar-refractivity contribution in [2.24, 2.45) is 7.05 Å². The summed E-state index contributed by atoms with van der Waals surface area (Å²) in [7, 11) is 3.60. The van der Waals surface area contributed by atoms with Crippen molar-refractivity contribution in [1.82, 2.24) is 20.4 Å². The Morgan fingerprint density at radius 1 is 1.27 bits per heavy atom. The fourth-order valence-corrected chi connectivity index (χ4v) is 4.00. The molecule has 1 fully saturated rings. The molecular weight excluding hydrogens is 331 g/mol. The number of aryl methyl sites for hydroxylation is 1. The SMILES string of the molecule is CNC(C(=O)NCC1(c2ccc(F)cc2)CCCCC1)c1cnn(C)c1. The minimum Gasteiger partial charge on any atom is -0.354 e. The monoisotopic (exact) mass is 358 g/mol. The Bertz CT molecular complexity index is 735. The number of carbonyl (C=O) groups excluding carboxylic acids is 1. The van der Waals surface area contributed by atoms with Crippen LogP contribution in [0.2, 0.25) is 0 Å². The maximum atomic E-state index is 13.3. The van der Waals surface area contributed by atoms with E-state index in [9.17, 15) is 9.18 Å². The molecule has 5 nitrogen and oxygen atoms in total. The third-order valence-electron chi connectivity index (χ3n) is 5.48. The minimum absolute atomic E-state index is 0.0624. The zero-order chi connectivity index (χ0) is 18.6. The molecule has 1 saturated carbocycles.